The molecule has 1 N–H and O–H groups in total. The molecule has 1 aliphatic heterocycles. The fourth-order valence-corrected chi connectivity index (χ4v) is 4.24. The summed E-state index contributed by atoms with van der Waals surface area (Å²) in [5.41, 5.74) is 1.77. The normalized spacial score (nSPS) is 15.7. The number of hydrogen-bond donors (Lipinski definition) is 1. The fraction of sp³-hybridized carbons (Fsp3) is 0.192. The van der Waals surface area contributed by atoms with E-state index in [2.05, 4.69) is 10.1 Å². The molecule has 0 aliphatic carbocycles. The minimum atomic E-state index is -4.81. The van der Waals surface area contributed by atoms with Crippen LogP contribution in [0.1, 0.15) is 17.5 Å². The van der Waals surface area contributed by atoms with E-state index in [1.165, 1.54) is 53.4 Å². The van der Waals surface area contributed by atoms with E-state index in [0.29, 0.717) is 11.3 Å². The molecule has 192 valence electrons. The van der Waals surface area contributed by atoms with Gasteiger partial charge in [0.2, 0.25) is 5.91 Å². The Kier molecular flexibility index (Phi) is 7.72. The molecule has 1 aliphatic rings. The number of ether oxygens (including phenoxy) is 1. The zero-order valence-corrected chi connectivity index (χ0v) is 20.1. The minimum absolute atomic E-state index is 0.0800. The van der Waals surface area contributed by atoms with Crippen LogP contribution in [0.4, 0.5) is 23.2 Å². The molecular weight excluding hydrogens is 510 g/mol. The Morgan fingerprint density at radius 3 is 2.16 bits per heavy atom. The van der Waals surface area contributed by atoms with Gasteiger partial charge in [-0.2, -0.15) is 0 Å². The quantitative estimate of drug-likeness (QED) is 0.318. The number of hydrogen-bond acceptors (Lipinski definition) is 4. The van der Waals surface area contributed by atoms with Crippen molar-refractivity contribution in [3.8, 4) is 5.75 Å². The lowest BCUT2D eigenvalue weighted by Gasteiger charge is -2.24. The van der Waals surface area contributed by atoms with Crippen LogP contribution < -0.4 is 10.1 Å². The van der Waals surface area contributed by atoms with Gasteiger partial charge in [-0.25, -0.2) is 4.39 Å². The smallest absolute Gasteiger partial charge is 0.406 e. The summed E-state index contributed by atoms with van der Waals surface area (Å²) < 4.78 is 54.6. The first-order valence-corrected chi connectivity index (χ1v) is 11.6. The zero-order chi connectivity index (χ0) is 26.6. The lowest BCUT2D eigenvalue weighted by Crippen LogP contribution is -2.37. The van der Waals surface area contributed by atoms with Crippen molar-refractivity contribution in [1.29, 1.82) is 0 Å². The number of rotatable bonds is 8. The highest BCUT2D eigenvalue weighted by Gasteiger charge is 2.43. The predicted molar refractivity (Wildman–Crippen MR) is 132 cm³/mol. The predicted octanol–water partition coefficient (Wildman–Crippen LogP) is 5.25. The van der Waals surface area contributed by atoms with E-state index in [0.717, 1.165) is 5.56 Å². The Morgan fingerprint density at radius 1 is 0.919 bits per heavy atom. The molecule has 37 heavy (non-hydrogen) atoms. The maximum Gasteiger partial charge on any atom is 0.573 e. The molecule has 0 aromatic heterocycles. The molecule has 6 nitrogen and oxygen atoms in total. The number of amides is 2. The van der Waals surface area contributed by atoms with E-state index in [4.69, 9.17) is 12.2 Å². The van der Waals surface area contributed by atoms with Crippen molar-refractivity contribution in [2.75, 3.05) is 5.32 Å². The van der Waals surface area contributed by atoms with Gasteiger partial charge in [-0.05, 0) is 59.7 Å². The molecule has 2 amide bonds. The number of carbonyl (C=O) groups excluding carboxylic acids is 2. The molecule has 3 aromatic rings. The van der Waals surface area contributed by atoms with Crippen molar-refractivity contribution >= 4 is 34.8 Å². The number of nitrogens with one attached hydrogen (secondary N) is 1. The first-order chi connectivity index (χ1) is 17.6. The van der Waals surface area contributed by atoms with Crippen LogP contribution in [-0.2, 0) is 22.7 Å². The van der Waals surface area contributed by atoms with Gasteiger partial charge in [-0.1, -0.05) is 42.5 Å². The van der Waals surface area contributed by atoms with Gasteiger partial charge in [0.1, 0.15) is 17.6 Å². The highest BCUT2D eigenvalue weighted by molar-refractivity contribution is 7.80. The maximum absolute atomic E-state index is 13.4. The summed E-state index contributed by atoms with van der Waals surface area (Å²) in [5, 5.41) is 2.84. The number of anilines is 1. The Hall–Kier alpha value is -3.99. The van der Waals surface area contributed by atoms with Crippen LogP contribution in [-0.4, -0.2) is 39.1 Å². The van der Waals surface area contributed by atoms with Crippen molar-refractivity contribution in [2.45, 2.75) is 31.9 Å². The number of benzene rings is 3. The van der Waals surface area contributed by atoms with Gasteiger partial charge in [0.25, 0.3) is 5.91 Å². The largest absolute Gasteiger partial charge is 0.573 e. The van der Waals surface area contributed by atoms with Crippen LogP contribution in [0.2, 0.25) is 0 Å². The number of nitrogens with zero attached hydrogens (tertiary/aromatic N) is 2. The van der Waals surface area contributed by atoms with Crippen molar-refractivity contribution in [1.82, 2.24) is 9.80 Å². The standard InChI is InChI=1S/C26H21F4N3O3S/c27-19-8-10-20(11-9-19)31-23(34)14-22-24(35)33(16-17-4-2-1-3-5-17)25(37)32(22)15-18-6-12-21(13-7-18)36-26(28,29)30/h1-13,22H,14-16H2,(H,31,34)/t22-/m0/s1. The van der Waals surface area contributed by atoms with Crippen LogP contribution in [0.15, 0.2) is 78.9 Å². The summed E-state index contributed by atoms with van der Waals surface area (Å²) in [6, 6.07) is 18.6. The second-order valence-corrected chi connectivity index (χ2v) is 8.65. The van der Waals surface area contributed by atoms with Crippen molar-refractivity contribution in [2.24, 2.45) is 0 Å². The van der Waals surface area contributed by atoms with E-state index >= 15 is 0 Å². The molecule has 4 rings (SSSR count). The average Bonchev–Trinajstić information content (AvgIpc) is 3.05. The van der Waals surface area contributed by atoms with Crippen molar-refractivity contribution in [3.63, 3.8) is 0 Å². The van der Waals surface area contributed by atoms with Gasteiger partial charge < -0.3 is 15.0 Å². The van der Waals surface area contributed by atoms with Crippen LogP contribution in [0.5, 0.6) is 5.75 Å². The highest BCUT2D eigenvalue weighted by Crippen LogP contribution is 2.27. The van der Waals surface area contributed by atoms with E-state index < -0.39 is 24.1 Å². The van der Waals surface area contributed by atoms with Gasteiger partial charge in [0.15, 0.2) is 5.11 Å². The lowest BCUT2D eigenvalue weighted by atomic mass is 10.1. The molecule has 0 radical (unpaired) electrons. The number of halogens is 4. The Morgan fingerprint density at radius 2 is 1.54 bits per heavy atom. The molecule has 1 saturated heterocycles. The molecule has 0 spiro atoms. The lowest BCUT2D eigenvalue weighted by molar-refractivity contribution is -0.274. The summed E-state index contributed by atoms with van der Waals surface area (Å²) in [7, 11) is 0. The van der Waals surface area contributed by atoms with Crippen molar-refractivity contribution < 1.29 is 31.9 Å². The SMILES string of the molecule is O=C(C[C@H]1C(=O)N(Cc2ccccc2)C(=S)N1Cc1ccc(OC(F)(F)F)cc1)Nc1ccc(F)cc1. The van der Waals surface area contributed by atoms with Crippen LogP contribution in [0.25, 0.3) is 0 Å². The third kappa shape index (κ3) is 6.82. The molecule has 0 saturated carbocycles. The zero-order valence-electron chi connectivity index (χ0n) is 19.2. The van der Waals surface area contributed by atoms with E-state index in [1.54, 1.807) is 4.90 Å². The van der Waals surface area contributed by atoms with Crippen LogP contribution >= 0.6 is 12.2 Å². The van der Waals surface area contributed by atoms with Crippen LogP contribution in [0.3, 0.4) is 0 Å². The second kappa shape index (κ2) is 11.0. The highest BCUT2D eigenvalue weighted by atomic mass is 32.1. The Bertz CT molecular complexity index is 1270. The third-order valence-electron chi connectivity index (χ3n) is 5.60. The summed E-state index contributed by atoms with van der Waals surface area (Å²) in [5.74, 6) is -1.69. The summed E-state index contributed by atoms with van der Waals surface area (Å²) >= 11 is 5.59. The van der Waals surface area contributed by atoms with Crippen LogP contribution in [0, 0.1) is 5.82 Å². The second-order valence-electron chi connectivity index (χ2n) is 8.29. The molecule has 3 aromatic carbocycles. The Labute approximate surface area is 215 Å². The van der Waals surface area contributed by atoms with Gasteiger partial charge in [-0.3, -0.25) is 14.5 Å². The molecule has 1 atom stereocenters. The number of carbonyl (C=O) groups is 2. The molecule has 1 heterocycles. The molecule has 11 heteroatoms. The van der Waals surface area contributed by atoms with Gasteiger partial charge >= 0.3 is 6.36 Å². The first-order valence-electron chi connectivity index (χ1n) is 11.1. The van der Waals surface area contributed by atoms with Gasteiger partial charge in [-0.15, -0.1) is 13.2 Å². The third-order valence-corrected chi connectivity index (χ3v) is 6.06. The summed E-state index contributed by atoms with van der Waals surface area (Å²) in [4.78, 5) is 29.1. The first kappa shape index (κ1) is 26.1. The topological polar surface area (TPSA) is 61.9 Å². The summed E-state index contributed by atoms with van der Waals surface area (Å²) in [6.07, 6.45) is -5.05. The average molecular weight is 532 g/mol. The Balaban J connectivity index is 1.53. The molecular formula is C26H21F4N3O3S. The van der Waals surface area contributed by atoms with E-state index in [-0.39, 0.29) is 36.3 Å². The van der Waals surface area contributed by atoms with E-state index in [9.17, 15) is 27.2 Å². The van der Waals surface area contributed by atoms with Crippen molar-refractivity contribution in [3.05, 3.63) is 95.8 Å². The molecule has 0 bridgehead atoms. The monoisotopic (exact) mass is 531 g/mol. The minimum Gasteiger partial charge on any atom is -0.406 e. The van der Waals surface area contributed by atoms with E-state index in [1.807, 2.05) is 30.3 Å². The maximum atomic E-state index is 13.4. The van der Waals surface area contributed by atoms with Gasteiger partial charge in [0, 0.05) is 12.2 Å². The number of thiocarbonyl (C=S) groups is 1. The number of alkyl halides is 3. The fourth-order valence-electron chi connectivity index (χ4n) is 3.90. The molecule has 0 unspecified atom stereocenters. The summed E-state index contributed by atoms with van der Waals surface area (Å²) in [6.45, 7) is 0.278. The van der Waals surface area contributed by atoms with Gasteiger partial charge in [0.05, 0.1) is 13.0 Å². The molecule has 1 fully saturated rings.